The van der Waals surface area contributed by atoms with Gasteiger partial charge < -0.3 is 41.9 Å². The average Bonchev–Trinajstić information content (AvgIpc) is 2.96. The number of H-pyrrole nitrogens is 2. The molecule has 8 N–H and O–H groups in total. The molecular weight excluding hydrogens is 1080 g/mol. The summed E-state index contributed by atoms with van der Waals surface area (Å²) in [5, 5.41) is 16.9. The maximum absolute atomic E-state index is 13.8. The van der Waals surface area contributed by atoms with E-state index in [1.165, 1.54) is 36.4 Å². The van der Waals surface area contributed by atoms with Crippen molar-refractivity contribution in [1.82, 2.24) is 19.9 Å². The zero-order chi connectivity index (χ0) is 59.8. The van der Waals surface area contributed by atoms with Crippen molar-refractivity contribution in [3.05, 3.63) is 250 Å². The van der Waals surface area contributed by atoms with Crippen LogP contribution in [-0.2, 0) is 0 Å². The first-order valence-electron chi connectivity index (χ1n) is 26.3. The van der Waals surface area contributed by atoms with Gasteiger partial charge in [0.15, 0.2) is 0 Å². The van der Waals surface area contributed by atoms with Crippen LogP contribution in [0.2, 0.25) is 0 Å². The Morgan fingerprint density at radius 1 is 0.302 bits per heavy atom. The lowest BCUT2D eigenvalue weighted by Crippen LogP contribution is -2.18. The van der Waals surface area contributed by atoms with Crippen molar-refractivity contribution in [3.8, 4) is 72.2 Å². The number of hydrogen-bond donors (Lipinski definition) is 8. The highest BCUT2D eigenvalue weighted by atomic mass is 16.2. The summed E-state index contributed by atoms with van der Waals surface area (Å²) in [6.45, 7) is 0. The molecule has 0 saturated heterocycles. The molecule has 410 valence electrons. The summed E-state index contributed by atoms with van der Waals surface area (Å²) < 4.78 is 0. The van der Waals surface area contributed by atoms with Crippen LogP contribution in [0.25, 0.3) is 44.8 Å². The molecule has 16 nitrogen and oxygen atoms in total. The van der Waals surface area contributed by atoms with Gasteiger partial charge in [-0.3, -0.25) is 28.8 Å². The van der Waals surface area contributed by atoms with E-state index in [0.29, 0.717) is 89.8 Å². The van der Waals surface area contributed by atoms with Gasteiger partial charge in [0.1, 0.15) is 11.6 Å². The van der Waals surface area contributed by atoms with E-state index in [2.05, 4.69) is 65.6 Å². The maximum Gasteiger partial charge on any atom is 0.255 e. The Kier molecular flexibility index (Phi) is 15.3. The number of anilines is 6. The third kappa shape index (κ3) is 12.5. The van der Waals surface area contributed by atoms with Gasteiger partial charge in [0, 0.05) is 101 Å². The average molecular weight is 1120 g/mol. The molecule has 0 aliphatic carbocycles. The second kappa shape index (κ2) is 24.0. The highest BCUT2D eigenvalue weighted by molar-refractivity contribution is 6.13. The number of rotatable bonds is 14. The van der Waals surface area contributed by atoms with Gasteiger partial charge in [0.2, 0.25) is 0 Å². The Hall–Kier alpha value is -13.0. The van der Waals surface area contributed by atoms with Gasteiger partial charge in [-0.2, -0.15) is 0 Å². The van der Waals surface area contributed by atoms with Crippen molar-refractivity contribution in [2.24, 2.45) is 0 Å². The summed E-state index contributed by atoms with van der Waals surface area (Å²) in [5.74, 6) is 8.05. The van der Waals surface area contributed by atoms with E-state index in [9.17, 15) is 28.8 Å². The SMILES string of the molecule is C#Cc1cccc(NC(=O)c2cc(NC(=O)c3ccc(-c4nc5cc6[nH]c(-c7ccc(C(=O)Nc8cc(C(=O)Nc9cccc(C#C)c9)cc(C(=O)Nc9cccc(C#C)c9)c8)cc7)nc6cc5[nH]4)cc3)cc(C(=O)Nc3cccc(C#C)c3)c2)c1. The molecule has 2 aromatic heterocycles. The van der Waals surface area contributed by atoms with Crippen LogP contribution in [0.15, 0.2) is 194 Å². The number of nitrogens with one attached hydrogen (secondary N) is 8. The van der Waals surface area contributed by atoms with Crippen molar-refractivity contribution < 1.29 is 28.8 Å². The van der Waals surface area contributed by atoms with E-state index in [1.807, 2.05) is 12.1 Å². The number of imidazole rings is 2. The number of carbonyl (C=O) groups excluding carboxylic acids is 6. The molecule has 9 aromatic carbocycles. The van der Waals surface area contributed by atoms with E-state index in [4.69, 9.17) is 35.7 Å². The van der Waals surface area contributed by atoms with Crippen LogP contribution in [0.5, 0.6) is 0 Å². The first-order valence-corrected chi connectivity index (χ1v) is 26.3. The molecule has 2 heterocycles. The van der Waals surface area contributed by atoms with Crippen LogP contribution in [0.1, 0.15) is 84.4 Å². The maximum atomic E-state index is 13.8. The minimum absolute atomic E-state index is 0.0943. The van der Waals surface area contributed by atoms with Crippen LogP contribution in [-0.4, -0.2) is 55.4 Å². The molecule has 11 rings (SSSR count). The highest BCUT2D eigenvalue weighted by Crippen LogP contribution is 2.29. The first-order chi connectivity index (χ1) is 41.8. The van der Waals surface area contributed by atoms with Crippen molar-refractivity contribution >= 4 is 91.6 Å². The number of aromatic amines is 2. The van der Waals surface area contributed by atoms with E-state index in [1.54, 1.807) is 146 Å². The van der Waals surface area contributed by atoms with Crippen LogP contribution < -0.4 is 31.9 Å². The Morgan fingerprint density at radius 3 is 0.849 bits per heavy atom. The summed E-state index contributed by atoms with van der Waals surface area (Å²) >= 11 is 0. The van der Waals surface area contributed by atoms with Crippen LogP contribution in [0, 0.1) is 49.4 Å². The second-order valence-corrected chi connectivity index (χ2v) is 19.4. The number of benzene rings is 9. The van der Waals surface area contributed by atoms with Gasteiger partial charge >= 0.3 is 0 Å². The summed E-state index contributed by atoms with van der Waals surface area (Å²) in [6, 6.07) is 53.0. The van der Waals surface area contributed by atoms with Gasteiger partial charge in [0.25, 0.3) is 35.4 Å². The highest BCUT2D eigenvalue weighted by Gasteiger charge is 2.20. The molecule has 6 amide bonds. The number of hydrogen-bond acceptors (Lipinski definition) is 8. The summed E-state index contributed by atoms with van der Waals surface area (Å²) in [4.78, 5) is 98.4. The lowest BCUT2D eigenvalue weighted by atomic mass is 10.1. The largest absolute Gasteiger partial charge is 0.338 e. The topological polar surface area (TPSA) is 232 Å². The molecule has 0 saturated carbocycles. The van der Waals surface area contributed by atoms with Gasteiger partial charge in [0.05, 0.1) is 22.1 Å². The lowest BCUT2D eigenvalue weighted by Gasteiger charge is -2.13. The molecule has 0 fully saturated rings. The summed E-state index contributed by atoms with van der Waals surface area (Å²) in [7, 11) is 0. The molecule has 11 aromatic rings. The fourth-order valence-corrected chi connectivity index (χ4v) is 9.24. The second-order valence-electron chi connectivity index (χ2n) is 19.4. The number of amides is 6. The Labute approximate surface area is 491 Å². The Morgan fingerprint density at radius 2 is 0.570 bits per heavy atom. The van der Waals surface area contributed by atoms with Crippen molar-refractivity contribution in [2.45, 2.75) is 0 Å². The molecular formula is C70H44N10O6. The van der Waals surface area contributed by atoms with Crippen molar-refractivity contribution in [3.63, 3.8) is 0 Å². The minimum atomic E-state index is -0.543. The zero-order valence-corrected chi connectivity index (χ0v) is 45.1. The monoisotopic (exact) mass is 1120 g/mol. The fraction of sp³-hybridized carbons (Fsp3) is 0. The standard InChI is InChI=1S/C70H44N10O6/c1-5-41-13-9-17-53(29-41)71-67(83)49-33-50(68(84)72-54-18-10-14-42(6-2)30-54)36-57(35-49)75-65(81)47-25-21-45(22-26-47)63-77-59-39-61-62(40-60(59)78-63)80-64(79-61)46-23-27-48(28-24-46)66(82)76-58-37-51(69(85)73-55-19-11-15-43(7-3)31-55)34-52(38-58)70(86)74-56-20-12-16-44(8-4)32-56/h1-4,9-40H,(H,71,83)(H,72,84)(H,73,85)(H,74,86)(H,75,81)(H,76,82)(H,77,78)(H,79,80). The number of carbonyl (C=O) groups is 6. The number of fused-ring (bicyclic) bond motifs is 2. The van der Waals surface area contributed by atoms with Gasteiger partial charge in [-0.05, 0) is 146 Å². The molecule has 0 unspecified atom stereocenters. The first kappa shape index (κ1) is 54.9. The molecule has 0 aliphatic heterocycles. The predicted octanol–water partition coefficient (Wildman–Crippen LogP) is 12.2. The van der Waals surface area contributed by atoms with Crippen LogP contribution in [0.3, 0.4) is 0 Å². The molecule has 86 heavy (non-hydrogen) atoms. The number of aromatic nitrogens is 4. The van der Waals surface area contributed by atoms with E-state index < -0.39 is 35.4 Å². The predicted molar refractivity (Wildman–Crippen MR) is 335 cm³/mol. The molecule has 0 spiro atoms. The van der Waals surface area contributed by atoms with E-state index in [-0.39, 0.29) is 44.8 Å². The minimum Gasteiger partial charge on any atom is -0.338 e. The van der Waals surface area contributed by atoms with Crippen molar-refractivity contribution in [1.29, 1.82) is 0 Å². The van der Waals surface area contributed by atoms with Gasteiger partial charge in [-0.1, -0.05) is 72.2 Å². The summed E-state index contributed by atoms with van der Waals surface area (Å²) in [5.41, 5.74) is 9.43. The molecule has 0 bridgehead atoms. The fourth-order valence-electron chi connectivity index (χ4n) is 9.24. The smallest absolute Gasteiger partial charge is 0.255 e. The Bertz CT molecular complexity index is 4250. The number of nitrogens with zero attached hydrogens (tertiary/aromatic N) is 2. The molecule has 0 radical (unpaired) electrons. The quantitative estimate of drug-likeness (QED) is 0.0487. The van der Waals surface area contributed by atoms with E-state index >= 15 is 0 Å². The normalized spacial score (nSPS) is 10.6. The van der Waals surface area contributed by atoms with Crippen molar-refractivity contribution in [2.75, 3.05) is 31.9 Å². The van der Waals surface area contributed by atoms with Crippen LogP contribution in [0.4, 0.5) is 34.1 Å². The third-order valence-corrected chi connectivity index (χ3v) is 13.5. The lowest BCUT2D eigenvalue weighted by molar-refractivity contribution is 0.101. The summed E-state index contributed by atoms with van der Waals surface area (Å²) in [6.07, 6.45) is 22.3. The zero-order valence-electron chi connectivity index (χ0n) is 45.1. The third-order valence-electron chi connectivity index (χ3n) is 13.5. The molecule has 0 aliphatic rings. The Balaban J connectivity index is 0.772. The number of terminal acetylenes is 4. The molecule has 0 atom stereocenters. The molecule has 16 heteroatoms. The van der Waals surface area contributed by atoms with Crippen LogP contribution >= 0.6 is 0 Å². The van der Waals surface area contributed by atoms with Gasteiger partial charge in [-0.15, -0.1) is 25.7 Å². The van der Waals surface area contributed by atoms with E-state index in [0.717, 1.165) is 0 Å². The van der Waals surface area contributed by atoms with Gasteiger partial charge in [-0.25, -0.2) is 9.97 Å².